The molecule has 0 fully saturated rings. The first-order valence-electron chi connectivity index (χ1n) is 3.35. The molecule has 11 heavy (non-hydrogen) atoms. The van der Waals surface area contributed by atoms with Crippen molar-refractivity contribution in [3.8, 4) is 12.3 Å². The van der Waals surface area contributed by atoms with Gasteiger partial charge in [-0.05, 0) is 6.92 Å². The first-order chi connectivity index (χ1) is 5.22. The van der Waals surface area contributed by atoms with Crippen LogP contribution in [0.5, 0.6) is 0 Å². The lowest BCUT2D eigenvalue weighted by molar-refractivity contribution is -0.111. The fraction of sp³-hybridized carbons (Fsp3) is 0.500. The van der Waals surface area contributed by atoms with Gasteiger partial charge in [0.2, 0.25) is 0 Å². The molecule has 0 aromatic carbocycles. The van der Waals surface area contributed by atoms with Gasteiger partial charge in [0.05, 0.1) is 6.42 Å². The largest absolute Gasteiger partial charge is 0.396 e. The molecule has 0 aromatic rings. The van der Waals surface area contributed by atoms with Crippen LogP contribution in [0.2, 0.25) is 0 Å². The summed E-state index contributed by atoms with van der Waals surface area (Å²) in [7, 11) is 0. The number of Topliss-reactive ketones (excluding diaryl/α,β-unsaturated/α-hetero) is 1. The molecule has 0 atom stereocenters. The number of ketones is 1. The van der Waals surface area contributed by atoms with Gasteiger partial charge in [-0.2, -0.15) is 0 Å². The first-order valence-corrected chi connectivity index (χ1v) is 3.35. The molecule has 0 saturated carbocycles. The second-order valence-electron chi connectivity index (χ2n) is 1.89. The van der Waals surface area contributed by atoms with Crippen LogP contribution >= 0.6 is 0 Å². The first kappa shape index (κ1) is 9.70. The van der Waals surface area contributed by atoms with Gasteiger partial charge in [-0.25, -0.2) is 0 Å². The molecule has 0 N–H and O–H groups in total. The highest BCUT2D eigenvalue weighted by molar-refractivity contribution is 6.39. The number of hydrogen-bond acceptors (Lipinski definition) is 3. The molecular formula is C8H11NO2. The zero-order chi connectivity index (χ0) is 8.69. The number of carbonyl (C=O) groups is 1. The molecule has 0 aliphatic carbocycles. The molecule has 0 aliphatic rings. The van der Waals surface area contributed by atoms with Gasteiger partial charge in [0.15, 0.2) is 5.78 Å². The Hall–Kier alpha value is -1.30. The summed E-state index contributed by atoms with van der Waals surface area (Å²) in [5.74, 6) is 2.18. The second kappa shape index (κ2) is 5.48. The number of carbonyl (C=O) groups excluding carboxylic acids is 1. The van der Waals surface area contributed by atoms with Crippen LogP contribution in [0.15, 0.2) is 5.16 Å². The summed E-state index contributed by atoms with van der Waals surface area (Å²) >= 11 is 0. The molecule has 0 rings (SSSR count). The third-order valence-electron chi connectivity index (χ3n) is 0.980. The van der Waals surface area contributed by atoms with Crippen molar-refractivity contribution in [3.63, 3.8) is 0 Å². The molecule has 3 heteroatoms. The Morgan fingerprint density at radius 1 is 1.73 bits per heavy atom. The van der Waals surface area contributed by atoms with Crippen molar-refractivity contribution in [1.29, 1.82) is 0 Å². The van der Waals surface area contributed by atoms with Crippen LogP contribution in [0.1, 0.15) is 20.3 Å². The summed E-state index contributed by atoms with van der Waals surface area (Å²) in [6.07, 6.45) is 5.23. The Morgan fingerprint density at radius 3 is 2.73 bits per heavy atom. The van der Waals surface area contributed by atoms with Crippen LogP contribution in [0.3, 0.4) is 0 Å². The van der Waals surface area contributed by atoms with E-state index in [1.54, 1.807) is 6.92 Å². The maximum absolute atomic E-state index is 10.7. The lowest BCUT2D eigenvalue weighted by atomic mass is 10.2. The zero-order valence-electron chi connectivity index (χ0n) is 6.76. The van der Waals surface area contributed by atoms with Crippen molar-refractivity contribution in [3.05, 3.63) is 0 Å². The molecule has 0 spiro atoms. The summed E-state index contributed by atoms with van der Waals surface area (Å²) in [5.41, 5.74) is 0.300. The van der Waals surface area contributed by atoms with E-state index in [0.717, 1.165) is 0 Å². The summed E-state index contributed by atoms with van der Waals surface area (Å²) in [4.78, 5) is 15.4. The fourth-order valence-electron chi connectivity index (χ4n) is 0.460. The molecule has 0 aromatic heterocycles. The fourth-order valence-corrected chi connectivity index (χ4v) is 0.460. The maximum Gasteiger partial charge on any atom is 0.178 e. The Kier molecular flexibility index (Phi) is 4.83. The van der Waals surface area contributed by atoms with Crippen LogP contribution in [0, 0.1) is 12.3 Å². The van der Waals surface area contributed by atoms with Gasteiger partial charge < -0.3 is 4.84 Å². The SMILES string of the molecule is C#CC/C(=N\OCC)C(C)=O. The van der Waals surface area contributed by atoms with Crippen molar-refractivity contribution < 1.29 is 9.63 Å². The molecule has 0 radical (unpaired) electrons. The highest BCUT2D eigenvalue weighted by Gasteiger charge is 2.03. The van der Waals surface area contributed by atoms with Gasteiger partial charge >= 0.3 is 0 Å². The summed E-state index contributed by atoms with van der Waals surface area (Å²) in [6.45, 7) is 3.65. The smallest absolute Gasteiger partial charge is 0.178 e. The lowest BCUT2D eigenvalue weighted by Gasteiger charge is -1.96. The van der Waals surface area contributed by atoms with E-state index < -0.39 is 0 Å². The lowest BCUT2D eigenvalue weighted by Crippen LogP contribution is -2.09. The molecule has 0 heterocycles. The van der Waals surface area contributed by atoms with E-state index >= 15 is 0 Å². The highest BCUT2D eigenvalue weighted by Crippen LogP contribution is 1.89. The minimum atomic E-state index is -0.142. The normalized spacial score (nSPS) is 10.5. The Balaban J connectivity index is 4.11. The van der Waals surface area contributed by atoms with E-state index in [4.69, 9.17) is 6.42 Å². The number of rotatable bonds is 4. The predicted molar refractivity (Wildman–Crippen MR) is 43.2 cm³/mol. The van der Waals surface area contributed by atoms with Gasteiger partial charge in [0.1, 0.15) is 12.3 Å². The molecule has 0 amide bonds. The van der Waals surface area contributed by atoms with E-state index in [2.05, 4.69) is 15.9 Å². The van der Waals surface area contributed by atoms with Crippen molar-refractivity contribution >= 4 is 11.5 Å². The zero-order valence-corrected chi connectivity index (χ0v) is 6.76. The minimum absolute atomic E-state index is 0.142. The van der Waals surface area contributed by atoms with Crippen LogP contribution in [-0.2, 0) is 9.63 Å². The summed E-state index contributed by atoms with van der Waals surface area (Å²) in [5, 5.41) is 3.56. The topological polar surface area (TPSA) is 38.7 Å². The number of oxime groups is 1. The number of terminal acetylenes is 1. The van der Waals surface area contributed by atoms with E-state index in [1.165, 1.54) is 6.92 Å². The molecular weight excluding hydrogens is 142 g/mol. The van der Waals surface area contributed by atoms with Gasteiger partial charge in [-0.15, -0.1) is 12.3 Å². The van der Waals surface area contributed by atoms with Gasteiger partial charge in [0.25, 0.3) is 0 Å². The molecule has 3 nitrogen and oxygen atoms in total. The molecule has 60 valence electrons. The average molecular weight is 153 g/mol. The quantitative estimate of drug-likeness (QED) is 0.343. The van der Waals surface area contributed by atoms with Gasteiger partial charge in [-0.3, -0.25) is 4.79 Å². The van der Waals surface area contributed by atoms with Gasteiger partial charge in [-0.1, -0.05) is 5.16 Å². The summed E-state index contributed by atoms with van der Waals surface area (Å²) < 4.78 is 0. The third kappa shape index (κ3) is 4.15. The number of nitrogens with zero attached hydrogens (tertiary/aromatic N) is 1. The Labute approximate surface area is 66.4 Å². The number of hydrogen-bond donors (Lipinski definition) is 0. The van der Waals surface area contributed by atoms with Crippen LogP contribution in [-0.4, -0.2) is 18.1 Å². The van der Waals surface area contributed by atoms with E-state index in [0.29, 0.717) is 12.3 Å². The molecule has 0 unspecified atom stereocenters. The van der Waals surface area contributed by atoms with Gasteiger partial charge in [0, 0.05) is 6.92 Å². The van der Waals surface area contributed by atoms with E-state index in [9.17, 15) is 4.79 Å². The van der Waals surface area contributed by atoms with Crippen molar-refractivity contribution in [2.24, 2.45) is 5.16 Å². The van der Waals surface area contributed by atoms with Crippen molar-refractivity contribution in [2.75, 3.05) is 6.61 Å². The van der Waals surface area contributed by atoms with E-state index in [-0.39, 0.29) is 12.2 Å². The van der Waals surface area contributed by atoms with Crippen molar-refractivity contribution in [1.82, 2.24) is 0 Å². The molecule has 0 bridgehead atoms. The Morgan fingerprint density at radius 2 is 2.36 bits per heavy atom. The molecule has 0 aliphatic heterocycles. The Bertz CT molecular complexity index is 201. The average Bonchev–Trinajstić information content (AvgIpc) is 1.97. The standard InChI is InChI=1S/C8H11NO2/c1-4-6-8(7(3)10)9-11-5-2/h1H,5-6H2,2-3H3/b9-8+. The van der Waals surface area contributed by atoms with Crippen LogP contribution < -0.4 is 0 Å². The third-order valence-corrected chi connectivity index (χ3v) is 0.980. The highest BCUT2D eigenvalue weighted by atomic mass is 16.6. The molecule has 0 saturated heterocycles. The monoisotopic (exact) mass is 153 g/mol. The van der Waals surface area contributed by atoms with Crippen LogP contribution in [0.25, 0.3) is 0 Å². The second-order valence-corrected chi connectivity index (χ2v) is 1.89. The van der Waals surface area contributed by atoms with Crippen molar-refractivity contribution in [2.45, 2.75) is 20.3 Å². The summed E-state index contributed by atoms with van der Waals surface area (Å²) in [6, 6.07) is 0. The van der Waals surface area contributed by atoms with E-state index in [1.807, 2.05) is 0 Å². The minimum Gasteiger partial charge on any atom is -0.396 e. The van der Waals surface area contributed by atoms with Crippen LogP contribution in [0.4, 0.5) is 0 Å². The maximum atomic E-state index is 10.7. The predicted octanol–water partition coefficient (Wildman–Crippen LogP) is 0.991.